The second-order valence-electron chi connectivity index (χ2n) is 29.2. The van der Waals surface area contributed by atoms with Gasteiger partial charge in [-0.15, -0.1) is 13.7 Å². The van der Waals surface area contributed by atoms with Crippen molar-refractivity contribution in [2.45, 2.75) is 32.7 Å². The zero-order valence-electron chi connectivity index (χ0n) is 64.7. The number of furan rings is 1. The number of hydrogen-bond donors (Lipinski definition) is 0. The Hall–Kier alpha value is -15.0. The number of aromatic nitrogens is 15. The summed E-state index contributed by atoms with van der Waals surface area (Å²) < 4.78 is 71.9. The average molecular weight is 1520 g/mol. The third-order valence-electron chi connectivity index (χ3n) is 23.0. The summed E-state index contributed by atoms with van der Waals surface area (Å²) in [6.07, 6.45) is 9.19. The lowest BCUT2D eigenvalue weighted by Crippen LogP contribution is -2.31. The maximum absolute atomic E-state index is 8.27. The van der Waals surface area contributed by atoms with Crippen LogP contribution in [0.2, 0.25) is 0 Å². The first-order valence-electron chi connectivity index (χ1n) is 39.8. The van der Waals surface area contributed by atoms with Crippen LogP contribution in [0.25, 0.3) is 183 Å². The number of hydrogen-bond acceptors (Lipinski definition) is 10. The Bertz CT molecular complexity index is 7920. The smallest absolute Gasteiger partial charge is 0.386 e. The van der Waals surface area contributed by atoms with Crippen LogP contribution in [0.1, 0.15) is 32.6 Å². The SMILES string of the molecule is Cn1c2ccccc2c2c1n(-c1ccccc1)c1[n+]2Cc2ncccc2-1.[2H]C([2H])([2H])n1c2ccccc2c2c1n(-c1ccccc1)c1[n+]2Cc2ncccc2-1.c1ccc(-n2c3ccccc3c3c2oc2[n+]3Cc3ncccc3-2)cc1.c1cnc2c(c1)-c1oc3oc4ccccc4c3[n+]1C2.c1cnc2c(c1)-c1oc3sc4ccccc4c3[n+]1C2. The molecule has 20 heteroatoms. The minimum atomic E-state index is -2.31. The molecule has 0 N–H and O–H groups in total. The zero-order valence-corrected chi connectivity index (χ0v) is 62.5. The van der Waals surface area contributed by atoms with Gasteiger partial charge in [-0.2, -0.15) is 9.13 Å². The highest BCUT2D eigenvalue weighted by atomic mass is 32.1. The van der Waals surface area contributed by atoms with Gasteiger partial charge in [0.15, 0.2) is 19.6 Å². The topological polar surface area (TPSA) is 161 Å². The quantitative estimate of drug-likeness (QED) is 0.157. The molecule has 0 aliphatic carbocycles. The van der Waals surface area contributed by atoms with Crippen LogP contribution in [0, 0.1) is 0 Å². The van der Waals surface area contributed by atoms with Crippen molar-refractivity contribution in [3.8, 4) is 74.2 Å². The number of rotatable bonds is 3. The van der Waals surface area contributed by atoms with E-state index in [2.05, 4.69) is 231 Å². The van der Waals surface area contributed by atoms with Gasteiger partial charge < -0.3 is 26.8 Å². The van der Waals surface area contributed by atoms with E-state index in [1.165, 1.54) is 64.7 Å². The number of thiophene rings is 1. The number of nitrogens with zero attached hydrogens (tertiary/aromatic N) is 15. The largest absolute Gasteiger partial charge is 0.420 e. The molecule has 0 amide bonds. The van der Waals surface area contributed by atoms with Crippen LogP contribution in [-0.4, -0.2) is 47.8 Å². The molecule has 0 saturated heterocycles. The lowest BCUT2D eigenvalue weighted by molar-refractivity contribution is -0.649. The molecular formula is C95H66N15O4S+5. The first kappa shape index (κ1) is 61.7. The number of imidazole rings is 2. The molecule has 15 aromatic heterocycles. The van der Waals surface area contributed by atoms with Crippen LogP contribution in [0.15, 0.2) is 322 Å². The third kappa shape index (κ3) is 9.63. The maximum atomic E-state index is 8.27. The summed E-state index contributed by atoms with van der Waals surface area (Å²) in [5, 5.41) is 5.77. The number of para-hydroxylation sites is 7. The van der Waals surface area contributed by atoms with Crippen LogP contribution < -0.4 is 22.8 Å². The molecule has 0 spiro atoms. The fourth-order valence-corrected chi connectivity index (χ4v) is 19.2. The first-order valence-corrected chi connectivity index (χ1v) is 39.1. The summed E-state index contributed by atoms with van der Waals surface area (Å²) in [6.45, 7) is 1.42. The van der Waals surface area contributed by atoms with E-state index >= 15 is 0 Å². The monoisotopic (exact) mass is 1520 g/mol. The molecule has 19 nitrogen and oxygen atoms in total. The highest BCUT2D eigenvalue weighted by molar-refractivity contribution is 7.25. The molecule has 0 radical (unpaired) electrons. The van der Waals surface area contributed by atoms with Crippen molar-refractivity contribution in [2.24, 2.45) is 14.0 Å². The Kier molecular flexibility index (Phi) is 13.6. The molecule has 0 unspecified atom stereocenters. The Balaban J connectivity index is 0.0000000850. The van der Waals surface area contributed by atoms with Crippen molar-refractivity contribution in [1.82, 2.24) is 47.8 Å². The van der Waals surface area contributed by atoms with E-state index in [1.807, 2.05) is 140 Å². The van der Waals surface area contributed by atoms with Crippen LogP contribution in [-0.2, 0) is 46.7 Å². The molecule has 0 fully saturated rings. The highest BCUT2D eigenvalue weighted by Gasteiger charge is 2.44. The van der Waals surface area contributed by atoms with Gasteiger partial charge in [-0.1, -0.05) is 127 Å². The zero-order chi connectivity index (χ0) is 78.2. The van der Waals surface area contributed by atoms with Gasteiger partial charge in [0.25, 0.3) is 44.6 Å². The van der Waals surface area contributed by atoms with Gasteiger partial charge in [-0.25, -0.2) is 9.13 Å². The van der Waals surface area contributed by atoms with Gasteiger partial charge >= 0.3 is 29.0 Å². The van der Waals surface area contributed by atoms with Gasteiger partial charge in [0, 0.05) is 59.5 Å². The minimum absolute atomic E-state index is 0.589. The van der Waals surface area contributed by atoms with Gasteiger partial charge in [0.2, 0.25) is 11.0 Å². The molecule has 115 heavy (non-hydrogen) atoms. The molecular weight excluding hydrogens is 1450 g/mol. The summed E-state index contributed by atoms with van der Waals surface area (Å²) in [7, 11) is 2.16. The predicted octanol–water partition coefficient (Wildman–Crippen LogP) is 18.0. The molecule has 5 aliphatic rings. The van der Waals surface area contributed by atoms with Crippen LogP contribution in [0.5, 0.6) is 0 Å². The van der Waals surface area contributed by atoms with Crippen molar-refractivity contribution in [1.29, 1.82) is 0 Å². The average Bonchev–Trinajstić information content (AvgIpc) is 1.53. The van der Waals surface area contributed by atoms with Gasteiger partial charge in [-0.05, 0) is 158 Å². The normalized spacial score (nSPS) is 13.3. The molecule has 28 rings (SSSR count). The van der Waals surface area contributed by atoms with Gasteiger partial charge in [-0.3, -0.25) is 29.5 Å². The third-order valence-corrected chi connectivity index (χ3v) is 24.0. The number of pyridine rings is 5. The van der Waals surface area contributed by atoms with E-state index in [-0.39, 0.29) is 0 Å². The fourth-order valence-electron chi connectivity index (χ4n) is 18.1. The molecule has 546 valence electrons. The number of benzene rings is 8. The summed E-state index contributed by atoms with van der Waals surface area (Å²) in [4.78, 5) is 23.6. The Morgan fingerprint density at radius 1 is 0.322 bits per heavy atom. The summed E-state index contributed by atoms with van der Waals surface area (Å²) >= 11 is 1.71. The van der Waals surface area contributed by atoms with Crippen molar-refractivity contribution < 1.29 is 44.6 Å². The van der Waals surface area contributed by atoms with Gasteiger partial charge in [0.1, 0.15) is 63.8 Å². The van der Waals surface area contributed by atoms with E-state index in [4.69, 9.17) is 21.8 Å². The molecule has 5 aliphatic heterocycles. The van der Waals surface area contributed by atoms with Crippen LogP contribution >= 0.6 is 11.3 Å². The molecule has 8 aromatic carbocycles. The Morgan fingerprint density at radius 3 is 1.25 bits per heavy atom. The highest BCUT2D eigenvalue weighted by Crippen LogP contribution is 2.43. The lowest BCUT2D eigenvalue weighted by atomic mass is 10.2. The molecule has 20 heterocycles. The molecule has 23 aromatic rings. The van der Waals surface area contributed by atoms with Crippen molar-refractivity contribution in [2.75, 3.05) is 0 Å². The van der Waals surface area contributed by atoms with E-state index in [1.54, 1.807) is 17.5 Å². The van der Waals surface area contributed by atoms with Crippen molar-refractivity contribution in [3.63, 3.8) is 0 Å². The second-order valence-corrected chi connectivity index (χ2v) is 30.2. The van der Waals surface area contributed by atoms with Gasteiger partial charge in [0.05, 0.1) is 66.0 Å². The first-order chi connectivity index (χ1) is 58.1. The van der Waals surface area contributed by atoms with Crippen LogP contribution in [0.4, 0.5) is 0 Å². The summed E-state index contributed by atoms with van der Waals surface area (Å²) in [5.74, 6) is 5.44. The number of fused-ring (bicyclic) bond motifs is 35. The molecule has 0 atom stereocenters. The fraction of sp³-hybridized carbons (Fsp3) is 0.0737. The van der Waals surface area contributed by atoms with E-state index in [9.17, 15) is 0 Å². The van der Waals surface area contributed by atoms with E-state index in [0.717, 1.165) is 161 Å². The molecule has 0 saturated carbocycles. The molecule has 0 bridgehead atoms. The summed E-state index contributed by atoms with van der Waals surface area (Å²) in [6, 6.07) is 92.4. The maximum Gasteiger partial charge on any atom is 0.386 e. The predicted molar refractivity (Wildman–Crippen MR) is 443 cm³/mol. The number of aryl methyl sites for hydroxylation is 2. The minimum Gasteiger partial charge on any atom is -0.420 e. The van der Waals surface area contributed by atoms with Crippen molar-refractivity contribution >= 4 is 120 Å². The second kappa shape index (κ2) is 25.3. The number of oxazole rings is 3. The van der Waals surface area contributed by atoms with Crippen molar-refractivity contribution in [3.05, 3.63) is 332 Å². The standard InChI is InChI=1S/2C22H17N4.C21H14N3O.C15H9N2O2.C15H9N2OS/c2*1-24-19-12-6-5-10-17(19)20-22(24)26(15-8-3-2-4-9-15)21-16-11-7-13-23-18(16)14-25(20)21;1-2-7-14(8-3-1)24-18-11-5-4-9-16(18)19-21(24)25-20-15-10-6-12-22-17(15)13-23(19)20;1-2-6-12-10(4-1)13-15(18-12)19-14-9-5-3-7-16-11(9)8-17(13)14;1-2-6-12-10(4-1)13-15(19-12)18-14-9-5-3-7-16-11(9)8-17(13)14/h2*2-13H,14H2,1H3;1-12H,13H2;2*1-7H,8H2/q5*+1/i1D3;;;;. The lowest BCUT2D eigenvalue weighted by Gasteiger charge is -2.04. The van der Waals surface area contributed by atoms with E-state index in [0.29, 0.717) is 23.5 Å². The van der Waals surface area contributed by atoms with E-state index < -0.39 is 6.98 Å². The Labute approximate surface area is 662 Å². The van der Waals surface area contributed by atoms with Crippen LogP contribution in [0.3, 0.4) is 0 Å². The Morgan fingerprint density at radius 2 is 0.713 bits per heavy atom. The summed E-state index contributed by atoms with van der Waals surface area (Å²) in [5.41, 5.74) is 26.4.